The van der Waals surface area contributed by atoms with Crippen LogP contribution < -0.4 is 29.5 Å². The molecule has 7 aromatic rings. The highest BCUT2D eigenvalue weighted by molar-refractivity contribution is 7.68. The minimum Gasteiger partial charge on any atom is -0.464 e. The van der Waals surface area contributed by atoms with Crippen LogP contribution >= 0.6 is 16.5 Å². The number of hydrogen-bond acceptors (Lipinski definition) is 3. The lowest BCUT2D eigenvalue weighted by atomic mass is 9.80. The van der Waals surface area contributed by atoms with Crippen molar-refractivity contribution in [2.24, 2.45) is 0 Å². The molecule has 0 aliphatic heterocycles. The lowest BCUT2D eigenvalue weighted by molar-refractivity contribution is 0.466. The second kappa shape index (κ2) is 20.4. The van der Waals surface area contributed by atoms with Gasteiger partial charge in [-0.25, -0.2) is 0 Å². The highest BCUT2D eigenvalue weighted by atomic mass is 31.2. The zero-order valence-corrected chi connectivity index (χ0v) is 47.9. The van der Waals surface area contributed by atoms with Crippen LogP contribution in [0.25, 0.3) is 22.3 Å². The predicted octanol–water partition coefficient (Wildman–Crippen LogP) is 18.3. The molecule has 0 aliphatic rings. The van der Waals surface area contributed by atoms with E-state index >= 15 is 0 Å². The van der Waals surface area contributed by atoms with Gasteiger partial charge in [0.1, 0.15) is 17.2 Å². The van der Waals surface area contributed by atoms with Gasteiger partial charge < -0.3 is 13.6 Å². The molecule has 0 aromatic heterocycles. The van der Waals surface area contributed by atoms with Crippen LogP contribution in [0, 0.1) is 0 Å². The third-order valence-electron chi connectivity index (χ3n) is 13.2. The van der Waals surface area contributed by atoms with Gasteiger partial charge >= 0.3 is 8.38 Å². The van der Waals surface area contributed by atoms with Gasteiger partial charge in [0.2, 0.25) is 0 Å². The first-order chi connectivity index (χ1) is 33.0. The van der Waals surface area contributed by atoms with Gasteiger partial charge in [0.05, 0.1) is 5.30 Å². The summed E-state index contributed by atoms with van der Waals surface area (Å²) in [5.74, 6) is 2.64. The zero-order chi connectivity index (χ0) is 51.9. The molecular weight excluding hydrogens is 903 g/mol. The van der Waals surface area contributed by atoms with Crippen LogP contribution in [0.1, 0.15) is 158 Å². The van der Waals surface area contributed by atoms with Gasteiger partial charge in [-0.3, -0.25) is 0 Å². The van der Waals surface area contributed by atoms with E-state index < -0.39 is 16.5 Å². The second-order valence-electron chi connectivity index (χ2n) is 25.5. The minimum atomic E-state index is -1.61. The summed E-state index contributed by atoms with van der Waals surface area (Å²) in [6, 6.07) is 57.5. The average Bonchev–Trinajstić information content (AvgIpc) is 3.29. The molecule has 0 bridgehead atoms. The van der Waals surface area contributed by atoms with Crippen LogP contribution in [0.15, 0.2) is 158 Å². The Bertz CT molecular complexity index is 2830. The van der Waals surface area contributed by atoms with Crippen molar-refractivity contribution in [1.29, 1.82) is 0 Å². The van der Waals surface area contributed by atoms with E-state index in [1.807, 2.05) is 0 Å². The molecule has 71 heavy (non-hydrogen) atoms. The SMILES string of the molecule is CC(C)(C)c1ccc(OP(Oc2ccc(C(C)(C)C)cc2C(C)(C)C)c2ccc(-c3ccc(P(Oc4ccc(C(C)(C)C)cc4C(C)(C)C)c4ccc(-c5ccccc5)cc4)cc3)cc2)c(C(C)(C)C)c1. The Morgan fingerprint density at radius 1 is 0.268 bits per heavy atom. The van der Waals surface area contributed by atoms with Gasteiger partial charge in [-0.2, -0.15) is 0 Å². The summed E-state index contributed by atoms with van der Waals surface area (Å²) in [5, 5.41) is 3.32. The van der Waals surface area contributed by atoms with Crippen molar-refractivity contribution < 1.29 is 13.6 Å². The summed E-state index contributed by atoms with van der Waals surface area (Å²) in [5.41, 5.74) is 11.7. The van der Waals surface area contributed by atoms with E-state index in [9.17, 15) is 0 Å². The Labute approximate surface area is 431 Å². The van der Waals surface area contributed by atoms with Crippen molar-refractivity contribution >= 4 is 32.4 Å². The van der Waals surface area contributed by atoms with Crippen molar-refractivity contribution in [2.45, 2.75) is 157 Å². The Morgan fingerprint density at radius 2 is 0.549 bits per heavy atom. The van der Waals surface area contributed by atoms with Gasteiger partial charge in [0.15, 0.2) is 8.15 Å². The fourth-order valence-corrected chi connectivity index (χ4v) is 11.6. The molecule has 0 aliphatic carbocycles. The van der Waals surface area contributed by atoms with E-state index in [1.54, 1.807) is 0 Å². The molecule has 372 valence electrons. The molecule has 0 spiro atoms. The van der Waals surface area contributed by atoms with Crippen molar-refractivity contribution in [2.75, 3.05) is 0 Å². The molecule has 7 aromatic carbocycles. The first kappa shape index (κ1) is 53.6. The molecular formula is C66H80O3P2. The smallest absolute Gasteiger partial charge is 0.326 e. The maximum Gasteiger partial charge on any atom is 0.326 e. The van der Waals surface area contributed by atoms with Crippen LogP contribution in [0.3, 0.4) is 0 Å². The fourth-order valence-electron chi connectivity index (χ4n) is 8.63. The maximum atomic E-state index is 7.29. The van der Waals surface area contributed by atoms with Crippen LogP contribution in [0.2, 0.25) is 0 Å². The number of hydrogen-bond donors (Lipinski definition) is 0. The molecule has 1 unspecified atom stereocenters. The molecule has 3 nitrogen and oxygen atoms in total. The summed E-state index contributed by atoms with van der Waals surface area (Å²) >= 11 is 0. The third-order valence-corrected chi connectivity index (χ3v) is 16.6. The lowest BCUT2D eigenvalue weighted by Crippen LogP contribution is -2.20. The quantitative estimate of drug-likeness (QED) is 0.121. The largest absolute Gasteiger partial charge is 0.464 e. The Morgan fingerprint density at radius 3 is 0.845 bits per heavy atom. The second-order valence-corrected chi connectivity index (χ2v) is 28.7. The van der Waals surface area contributed by atoms with Crippen LogP contribution in [-0.4, -0.2) is 0 Å². The molecule has 0 saturated heterocycles. The van der Waals surface area contributed by atoms with E-state index in [0.717, 1.165) is 44.3 Å². The highest BCUT2D eigenvalue weighted by Crippen LogP contribution is 2.48. The van der Waals surface area contributed by atoms with Crippen molar-refractivity contribution in [3.8, 4) is 39.5 Å². The number of benzene rings is 7. The fraction of sp³-hybridized carbons (Fsp3) is 0.364. The van der Waals surface area contributed by atoms with Crippen molar-refractivity contribution in [3.05, 3.63) is 191 Å². The van der Waals surface area contributed by atoms with Gasteiger partial charge in [0.25, 0.3) is 0 Å². The zero-order valence-electron chi connectivity index (χ0n) is 46.1. The van der Waals surface area contributed by atoms with Gasteiger partial charge in [-0.1, -0.05) is 252 Å². The maximum absolute atomic E-state index is 7.29. The van der Waals surface area contributed by atoms with Gasteiger partial charge in [-0.05, 0) is 102 Å². The Balaban J connectivity index is 1.26. The van der Waals surface area contributed by atoms with Crippen LogP contribution in [-0.2, 0) is 32.5 Å². The van der Waals surface area contributed by atoms with E-state index in [2.05, 4.69) is 282 Å². The third kappa shape index (κ3) is 13.1. The highest BCUT2D eigenvalue weighted by Gasteiger charge is 2.31. The van der Waals surface area contributed by atoms with E-state index in [0.29, 0.717) is 0 Å². The molecule has 0 saturated carbocycles. The predicted molar refractivity (Wildman–Crippen MR) is 310 cm³/mol. The minimum absolute atomic E-state index is 0.00145. The topological polar surface area (TPSA) is 27.7 Å². The molecule has 0 fully saturated rings. The molecule has 0 N–H and O–H groups in total. The van der Waals surface area contributed by atoms with E-state index in [1.165, 1.54) is 44.5 Å². The van der Waals surface area contributed by atoms with Crippen LogP contribution in [0.5, 0.6) is 17.2 Å². The summed E-state index contributed by atoms with van der Waals surface area (Å²) in [4.78, 5) is 0. The molecule has 0 amide bonds. The molecule has 0 heterocycles. The standard InChI is InChI=1S/C66H80O3P2/c1-61(2,3)49-30-39-58(55(42-49)64(10,11)12)67-70(52-33-24-46(25-34-52)45-22-20-19-21-23-45)53-35-26-47(27-36-53)48-28-37-54(38-29-48)71(68-59-40-31-50(62(4,5)6)43-56(59)65(13,14)15)69-60-41-32-51(63(7,8)9)44-57(60)66(16,17)18/h19-44H,1-18H3. The van der Waals surface area contributed by atoms with Crippen LogP contribution in [0.4, 0.5) is 0 Å². The number of rotatable bonds is 11. The van der Waals surface area contributed by atoms with Gasteiger partial charge in [-0.15, -0.1) is 0 Å². The molecule has 0 radical (unpaired) electrons. The first-order valence-corrected chi connectivity index (χ1v) is 27.9. The van der Waals surface area contributed by atoms with E-state index in [-0.39, 0.29) is 32.5 Å². The monoisotopic (exact) mass is 983 g/mol. The van der Waals surface area contributed by atoms with E-state index in [4.69, 9.17) is 13.6 Å². The first-order valence-electron chi connectivity index (χ1n) is 25.4. The van der Waals surface area contributed by atoms with Crippen molar-refractivity contribution in [1.82, 2.24) is 0 Å². The summed E-state index contributed by atoms with van der Waals surface area (Å²) in [6.45, 7) is 40.8. The average molecular weight is 983 g/mol. The Kier molecular flexibility index (Phi) is 15.4. The summed E-state index contributed by atoms with van der Waals surface area (Å²) in [7, 11) is -2.83. The van der Waals surface area contributed by atoms with Gasteiger partial charge in [0, 0.05) is 27.3 Å². The normalized spacial score (nSPS) is 13.3. The summed E-state index contributed by atoms with van der Waals surface area (Å²) < 4.78 is 21.7. The molecule has 1 atom stereocenters. The lowest BCUT2D eigenvalue weighted by Gasteiger charge is -2.30. The molecule has 7 rings (SSSR count). The van der Waals surface area contributed by atoms with Crippen molar-refractivity contribution in [3.63, 3.8) is 0 Å². The molecule has 5 heteroatoms. The Hall–Kier alpha value is -5.20. The summed E-state index contributed by atoms with van der Waals surface area (Å²) in [6.07, 6.45) is 0.